The highest BCUT2D eigenvalue weighted by Crippen LogP contribution is 1.98. The fourth-order valence-corrected chi connectivity index (χ4v) is 1.15. The Labute approximate surface area is 66.3 Å². The summed E-state index contributed by atoms with van der Waals surface area (Å²) in [6.45, 7) is 3.27. The first-order chi connectivity index (χ1) is 5.33. The van der Waals surface area contributed by atoms with Gasteiger partial charge in [-0.05, 0) is 6.42 Å². The maximum atomic E-state index is 10.9. The van der Waals surface area contributed by atoms with E-state index in [-0.39, 0.29) is 5.97 Å². The van der Waals surface area contributed by atoms with Crippen LogP contribution < -0.4 is 5.73 Å². The molecule has 0 amide bonds. The molecule has 4 nitrogen and oxygen atoms in total. The molecule has 4 heteroatoms. The highest BCUT2D eigenvalue weighted by atomic mass is 16.5. The number of hydrogen-bond acceptors (Lipinski definition) is 4. The second-order valence-corrected chi connectivity index (χ2v) is 2.64. The number of nitrogens with two attached hydrogens (primary N) is 1. The largest absolute Gasteiger partial charge is 0.465 e. The van der Waals surface area contributed by atoms with Crippen LogP contribution in [0.15, 0.2) is 0 Å². The van der Waals surface area contributed by atoms with Gasteiger partial charge in [-0.25, -0.2) is 0 Å². The molecule has 0 aromatic rings. The molecule has 0 aromatic carbocycles. The first-order valence-electron chi connectivity index (χ1n) is 3.91. The summed E-state index contributed by atoms with van der Waals surface area (Å²) in [7, 11) is 0. The number of ether oxygens (including phenoxy) is 1. The summed E-state index contributed by atoms with van der Waals surface area (Å²) >= 11 is 0. The summed E-state index contributed by atoms with van der Waals surface area (Å²) in [5.41, 5.74) is 5.36. The molecule has 64 valence electrons. The van der Waals surface area contributed by atoms with E-state index in [0.29, 0.717) is 19.7 Å². The molecule has 0 aliphatic carbocycles. The smallest absolute Gasteiger partial charge is 0.320 e. The van der Waals surface area contributed by atoms with Crippen LogP contribution in [0, 0.1) is 0 Å². The molecule has 2 N–H and O–H groups in total. The maximum Gasteiger partial charge on any atom is 0.320 e. The van der Waals surface area contributed by atoms with Crippen LogP contribution in [-0.4, -0.2) is 43.7 Å². The lowest BCUT2D eigenvalue weighted by molar-refractivity contribution is -0.142. The van der Waals surface area contributed by atoms with Crippen molar-refractivity contribution < 1.29 is 9.53 Å². The van der Waals surface area contributed by atoms with Gasteiger partial charge >= 0.3 is 5.97 Å². The van der Waals surface area contributed by atoms with Crippen molar-refractivity contribution >= 4 is 5.97 Å². The molecule has 0 atom stereocenters. The van der Waals surface area contributed by atoms with Crippen LogP contribution >= 0.6 is 0 Å². The second kappa shape index (κ2) is 4.31. The zero-order chi connectivity index (χ0) is 8.10. The van der Waals surface area contributed by atoms with Gasteiger partial charge in [0.25, 0.3) is 0 Å². The average Bonchev–Trinajstić information content (AvgIpc) is 2.15. The van der Waals surface area contributed by atoms with Crippen LogP contribution in [0.5, 0.6) is 0 Å². The molecule has 1 aliphatic heterocycles. The highest BCUT2D eigenvalue weighted by Gasteiger charge is 2.14. The van der Waals surface area contributed by atoms with Crippen LogP contribution in [0.25, 0.3) is 0 Å². The summed E-state index contributed by atoms with van der Waals surface area (Å²) in [5, 5.41) is 0. The first kappa shape index (κ1) is 8.49. The molecular formula is C7H14N2O2. The van der Waals surface area contributed by atoms with E-state index in [2.05, 4.69) is 0 Å². The SMILES string of the molecule is NCCN1CCCOC(=O)C1. The molecule has 0 radical (unpaired) electrons. The zero-order valence-electron chi connectivity index (χ0n) is 6.58. The van der Waals surface area contributed by atoms with Crippen molar-refractivity contribution in [3.63, 3.8) is 0 Å². The third kappa shape index (κ3) is 2.86. The predicted molar refractivity (Wildman–Crippen MR) is 41.1 cm³/mol. The van der Waals surface area contributed by atoms with Crippen molar-refractivity contribution in [3.8, 4) is 0 Å². The number of esters is 1. The molecule has 0 aromatic heterocycles. The van der Waals surface area contributed by atoms with Gasteiger partial charge < -0.3 is 10.5 Å². The van der Waals surface area contributed by atoms with E-state index in [1.54, 1.807) is 0 Å². The van der Waals surface area contributed by atoms with Gasteiger partial charge in [0.2, 0.25) is 0 Å². The van der Waals surface area contributed by atoms with Crippen molar-refractivity contribution in [2.24, 2.45) is 5.73 Å². The van der Waals surface area contributed by atoms with Crippen LogP contribution in [0.2, 0.25) is 0 Å². The van der Waals surface area contributed by atoms with E-state index in [9.17, 15) is 4.79 Å². The number of cyclic esters (lactones) is 1. The van der Waals surface area contributed by atoms with Gasteiger partial charge in [-0.3, -0.25) is 9.69 Å². The van der Waals surface area contributed by atoms with Crippen molar-refractivity contribution in [1.82, 2.24) is 4.90 Å². The quantitative estimate of drug-likeness (QED) is 0.534. The number of carbonyl (C=O) groups excluding carboxylic acids is 1. The number of carbonyl (C=O) groups is 1. The Morgan fingerprint density at radius 1 is 1.64 bits per heavy atom. The Hall–Kier alpha value is -0.610. The van der Waals surface area contributed by atoms with Gasteiger partial charge in [0, 0.05) is 19.6 Å². The lowest BCUT2D eigenvalue weighted by atomic mass is 10.4. The Kier molecular flexibility index (Phi) is 3.32. The molecule has 0 bridgehead atoms. The summed E-state index contributed by atoms with van der Waals surface area (Å²) in [6.07, 6.45) is 0.922. The van der Waals surface area contributed by atoms with Gasteiger partial charge in [-0.1, -0.05) is 0 Å². The van der Waals surface area contributed by atoms with Crippen LogP contribution in [0.3, 0.4) is 0 Å². The Morgan fingerprint density at radius 3 is 3.18 bits per heavy atom. The Bertz CT molecular complexity index is 138. The molecule has 1 heterocycles. The summed E-state index contributed by atoms with van der Waals surface area (Å²) in [4.78, 5) is 12.9. The molecule has 0 saturated carbocycles. The van der Waals surface area contributed by atoms with E-state index in [1.165, 1.54) is 0 Å². The Morgan fingerprint density at radius 2 is 2.45 bits per heavy atom. The lowest BCUT2D eigenvalue weighted by Gasteiger charge is -2.15. The second-order valence-electron chi connectivity index (χ2n) is 2.64. The zero-order valence-corrected chi connectivity index (χ0v) is 6.58. The normalized spacial score (nSPS) is 21.0. The summed E-state index contributed by atoms with van der Waals surface area (Å²) in [6, 6.07) is 0. The van der Waals surface area contributed by atoms with Gasteiger partial charge in [-0.15, -0.1) is 0 Å². The van der Waals surface area contributed by atoms with Crippen LogP contribution in [0.4, 0.5) is 0 Å². The van der Waals surface area contributed by atoms with Crippen molar-refractivity contribution in [2.75, 3.05) is 32.8 Å². The van der Waals surface area contributed by atoms with Gasteiger partial charge in [0.05, 0.1) is 13.2 Å². The molecule has 1 saturated heterocycles. The van der Waals surface area contributed by atoms with Crippen LogP contribution in [0.1, 0.15) is 6.42 Å². The van der Waals surface area contributed by atoms with Crippen molar-refractivity contribution in [2.45, 2.75) is 6.42 Å². The summed E-state index contributed by atoms with van der Waals surface area (Å²) in [5.74, 6) is -0.129. The molecule has 1 fully saturated rings. The lowest BCUT2D eigenvalue weighted by Crippen LogP contribution is -2.33. The topological polar surface area (TPSA) is 55.6 Å². The van der Waals surface area contributed by atoms with Gasteiger partial charge in [-0.2, -0.15) is 0 Å². The van der Waals surface area contributed by atoms with E-state index in [4.69, 9.17) is 10.5 Å². The Balaban J connectivity index is 2.33. The van der Waals surface area contributed by atoms with E-state index in [1.807, 2.05) is 4.90 Å². The fourth-order valence-electron chi connectivity index (χ4n) is 1.15. The molecule has 11 heavy (non-hydrogen) atoms. The standard InChI is InChI=1S/C7H14N2O2/c8-2-4-9-3-1-5-11-7(10)6-9/h1-6,8H2. The number of rotatable bonds is 2. The molecule has 0 spiro atoms. The minimum Gasteiger partial charge on any atom is -0.465 e. The molecule has 1 aliphatic rings. The minimum absolute atomic E-state index is 0.129. The number of nitrogens with zero attached hydrogens (tertiary/aromatic N) is 1. The molecular weight excluding hydrogens is 144 g/mol. The van der Waals surface area contributed by atoms with Gasteiger partial charge in [0.15, 0.2) is 0 Å². The minimum atomic E-state index is -0.129. The molecule has 1 rings (SSSR count). The monoisotopic (exact) mass is 158 g/mol. The predicted octanol–water partition coefficient (Wildman–Crippen LogP) is -0.806. The third-order valence-electron chi connectivity index (χ3n) is 1.68. The number of hydrogen-bond donors (Lipinski definition) is 1. The average molecular weight is 158 g/mol. The van der Waals surface area contributed by atoms with E-state index < -0.39 is 0 Å². The molecule has 0 unspecified atom stereocenters. The highest BCUT2D eigenvalue weighted by molar-refractivity contribution is 5.71. The van der Waals surface area contributed by atoms with Crippen molar-refractivity contribution in [3.05, 3.63) is 0 Å². The first-order valence-corrected chi connectivity index (χ1v) is 3.91. The third-order valence-corrected chi connectivity index (χ3v) is 1.68. The summed E-state index contributed by atoms with van der Waals surface area (Å²) < 4.78 is 4.86. The fraction of sp³-hybridized carbons (Fsp3) is 0.857. The van der Waals surface area contributed by atoms with Crippen LogP contribution in [-0.2, 0) is 9.53 Å². The van der Waals surface area contributed by atoms with E-state index >= 15 is 0 Å². The maximum absolute atomic E-state index is 10.9. The van der Waals surface area contributed by atoms with Gasteiger partial charge in [0.1, 0.15) is 0 Å². The van der Waals surface area contributed by atoms with Crippen molar-refractivity contribution in [1.29, 1.82) is 0 Å². The van der Waals surface area contributed by atoms with E-state index in [0.717, 1.165) is 19.5 Å².